The van der Waals surface area contributed by atoms with Crippen molar-refractivity contribution in [1.82, 2.24) is 5.32 Å². The van der Waals surface area contributed by atoms with Gasteiger partial charge in [0.05, 0.1) is 0 Å². The Morgan fingerprint density at radius 3 is 2.52 bits per heavy atom. The van der Waals surface area contributed by atoms with Gasteiger partial charge in [-0.1, -0.05) is 30.3 Å². The van der Waals surface area contributed by atoms with Gasteiger partial charge in [-0.2, -0.15) is 5.26 Å². The summed E-state index contributed by atoms with van der Waals surface area (Å²) in [5, 5.41) is 15.8. The molecular weight excluding hydrogens is 390 g/mol. The Labute approximate surface area is 172 Å². The Bertz CT molecular complexity index is 981. The molecule has 0 aliphatic heterocycles. The van der Waals surface area contributed by atoms with Crippen LogP contribution in [0.3, 0.4) is 0 Å². The highest BCUT2D eigenvalue weighted by Crippen LogP contribution is 2.23. The smallest absolute Gasteiger partial charge is 0.355 e. The van der Waals surface area contributed by atoms with Crippen LogP contribution in [0.15, 0.2) is 59.1 Å². The van der Waals surface area contributed by atoms with Crippen molar-refractivity contribution in [3.63, 3.8) is 0 Å². The molecule has 2 rings (SSSR count). The number of rotatable bonds is 7. The van der Waals surface area contributed by atoms with Crippen LogP contribution in [-0.2, 0) is 19.1 Å². The van der Waals surface area contributed by atoms with E-state index >= 15 is 0 Å². The molecule has 2 amide bonds. The van der Waals surface area contributed by atoms with Gasteiger partial charge in [0.25, 0.3) is 5.91 Å². The maximum absolute atomic E-state index is 12.3. The van der Waals surface area contributed by atoms with Crippen LogP contribution in [0.25, 0.3) is 6.08 Å². The zero-order valence-corrected chi connectivity index (χ0v) is 16.7. The zero-order valence-electron chi connectivity index (χ0n) is 15.9. The summed E-state index contributed by atoms with van der Waals surface area (Å²) < 4.78 is 5.03. The van der Waals surface area contributed by atoms with Crippen molar-refractivity contribution >= 4 is 41.3 Å². The first kappa shape index (κ1) is 21.7. The fourth-order valence-electron chi connectivity index (χ4n) is 2.34. The molecule has 2 aromatic rings. The minimum Gasteiger partial charge on any atom is -0.451 e. The van der Waals surface area contributed by atoms with E-state index in [0.29, 0.717) is 11.3 Å². The highest BCUT2D eigenvalue weighted by Gasteiger charge is 2.15. The van der Waals surface area contributed by atoms with Gasteiger partial charge in [-0.25, -0.2) is 4.79 Å². The molecule has 29 heavy (non-hydrogen) atoms. The van der Waals surface area contributed by atoms with E-state index in [-0.39, 0.29) is 5.70 Å². The maximum Gasteiger partial charge on any atom is 0.355 e. The molecule has 0 saturated heterocycles. The molecule has 0 spiro atoms. The van der Waals surface area contributed by atoms with E-state index in [1.807, 2.05) is 11.5 Å². The van der Waals surface area contributed by atoms with Crippen LogP contribution in [0.5, 0.6) is 0 Å². The summed E-state index contributed by atoms with van der Waals surface area (Å²) in [6.07, 6.45) is 1.47. The number of amides is 2. The van der Waals surface area contributed by atoms with Gasteiger partial charge >= 0.3 is 5.97 Å². The van der Waals surface area contributed by atoms with Crippen molar-refractivity contribution in [2.45, 2.75) is 18.7 Å². The highest BCUT2D eigenvalue weighted by atomic mass is 32.2. The third-order valence-corrected chi connectivity index (χ3v) is 4.19. The van der Waals surface area contributed by atoms with Gasteiger partial charge in [0.2, 0.25) is 5.91 Å². The van der Waals surface area contributed by atoms with Crippen molar-refractivity contribution in [2.75, 3.05) is 11.9 Å². The number of nitriles is 1. The van der Waals surface area contributed by atoms with E-state index in [0.717, 1.165) is 22.2 Å². The number of hydrogen-bond acceptors (Lipinski definition) is 6. The fourth-order valence-corrected chi connectivity index (χ4v) is 2.82. The van der Waals surface area contributed by atoms with Crippen LogP contribution in [0, 0.1) is 17.6 Å². The third kappa shape index (κ3) is 7.16. The lowest BCUT2D eigenvalue weighted by Gasteiger charge is -2.11. The number of carbonyl (C=O) groups excluding carboxylic acids is 3. The van der Waals surface area contributed by atoms with Crippen molar-refractivity contribution in [3.8, 4) is 5.40 Å². The van der Waals surface area contributed by atoms with Crippen LogP contribution in [0.4, 0.5) is 5.69 Å². The molecule has 0 fully saturated rings. The van der Waals surface area contributed by atoms with Crippen molar-refractivity contribution in [3.05, 3.63) is 65.4 Å². The number of carbonyl (C=O) groups is 3. The fraction of sp³-hybridized carbons (Fsp3) is 0.143. The average molecular weight is 409 g/mol. The third-order valence-electron chi connectivity index (χ3n) is 3.61. The quantitative estimate of drug-likeness (QED) is 0.315. The summed E-state index contributed by atoms with van der Waals surface area (Å²) in [6, 6.07) is 14.1. The summed E-state index contributed by atoms with van der Waals surface area (Å²) in [7, 11) is 0. The van der Waals surface area contributed by atoms with E-state index in [2.05, 4.69) is 10.6 Å². The second-order valence-corrected chi connectivity index (χ2v) is 6.80. The van der Waals surface area contributed by atoms with Gasteiger partial charge in [0.1, 0.15) is 11.1 Å². The van der Waals surface area contributed by atoms with Crippen molar-refractivity contribution in [2.24, 2.45) is 0 Å². The first-order valence-electron chi connectivity index (χ1n) is 8.57. The molecule has 0 aliphatic rings. The van der Waals surface area contributed by atoms with Crippen LogP contribution < -0.4 is 10.6 Å². The molecule has 0 radical (unpaired) electrons. The molecule has 7 nitrogen and oxygen atoms in total. The number of nitrogens with one attached hydrogen (secondary N) is 2. The first-order chi connectivity index (χ1) is 13.9. The summed E-state index contributed by atoms with van der Waals surface area (Å²) >= 11 is 1.02. The van der Waals surface area contributed by atoms with Crippen LogP contribution in [0.2, 0.25) is 0 Å². The van der Waals surface area contributed by atoms with Crippen molar-refractivity contribution < 1.29 is 19.1 Å². The molecule has 0 unspecified atom stereocenters. The van der Waals surface area contributed by atoms with Crippen LogP contribution in [0.1, 0.15) is 18.1 Å². The predicted molar refractivity (Wildman–Crippen MR) is 110 cm³/mol. The molecule has 0 aliphatic carbocycles. The van der Waals surface area contributed by atoms with Gasteiger partial charge in [-0.15, -0.1) is 0 Å². The van der Waals surface area contributed by atoms with Crippen LogP contribution >= 0.6 is 11.8 Å². The molecule has 8 heteroatoms. The monoisotopic (exact) mass is 409 g/mol. The number of anilines is 1. The van der Waals surface area contributed by atoms with Crippen molar-refractivity contribution in [1.29, 1.82) is 5.26 Å². The number of ether oxygens (including phenoxy) is 1. The van der Waals surface area contributed by atoms with E-state index in [1.54, 1.807) is 49.4 Å². The minimum absolute atomic E-state index is 0.0643. The maximum atomic E-state index is 12.3. The SMILES string of the molecule is CC(=O)NC(=Cc1ccccc1)C(=O)OCC(=O)Nc1ccc(SC#N)cc1C. The molecular formula is C21H19N3O4S. The minimum atomic E-state index is -0.823. The molecule has 0 aromatic heterocycles. The normalized spacial score (nSPS) is 10.6. The largest absolute Gasteiger partial charge is 0.451 e. The Balaban J connectivity index is 2.00. The zero-order chi connectivity index (χ0) is 21.2. The molecule has 0 heterocycles. The Hall–Kier alpha value is -3.57. The molecule has 0 atom stereocenters. The number of thioether (sulfide) groups is 1. The average Bonchev–Trinajstić information content (AvgIpc) is 2.68. The van der Waals surface area contributed by atoms with Gasteiger partial charge in [0, 0.05) is 17.5 Å². The number of nitrogens with zero attached hydrogens (tertiary/aromatic N) is 1. The van der Waals surface area contributed by atoms with E-state index in [4.69, 9.17) is 10.00 Å². The van der Waals surface area contributed by atoms with Gasteiger partial charge in [-0.3, -0.25) is 9.59 Å². The summed E-state index contributed by atoms with van der Waals surface area (Å²) in [5.74, 6) is -1.78. The number of thiocyanates is 1. The lowest BCUT2D eigenvalue weighted by Crippen LogP contribution is -2.29. The number of hydrogen-bond donors (Lipinski definition) is 2. The molecule has 0 bridgehead atoms. The Morgan fingerprint density at radius 1 is 1.17 bits per heavy atom. The standard InChI is InChI=1S/C21H19N3O4S/c1-14-10-17(29-13-22)8-9-18(14)24-20(26)12-28-21(27)19(23-15(2)25)11-16-6-4-3-5-7-16/h3-11H,12H2,1-2H3,(H,23,25)(H,24,26). The summed E-state index contributed by atoms with van der Waals surface area (Å²) in [4.78, 5) is 36.6. The predicted octanol–water partition coefficient (Wildman–Crippen LogP) is 3.23. The number of aryl methyl sites for hydroxylation is 1. The highest BCUT2D eigenvalue weighted by molar-refractivity contribution is 8.03. The van der Waals surface area contributed by atoms with Gasteiger partial charge < -0.3 is 15.4 Å². The Morgan fingerprint density at radius 2 is 1.90 bits per heavy atom. The summed E-state index contributed by atoms with van der Waals surface area (Å²) in [5.41, 5.74) is 1.96. The van der Waals surface area contributed by atoms with E-state index in [1.165, 1.54) is 13.0 Å². The van der Waals surface area contributed by atoms with Gasteiger partial charge in [-0.05, 0) is 54.1 Å². The molecule has 2 N–H and O–H groups in total. The van der Waals surface area contributed by atoms with E-state index < -0.39 is 24.4 Å². The van der Waals surface area contributed by atoms with Gasteiger partial charge in [0.15, 0.2) is 6.61 Å². The Kier molecular flexibility index (Phi) is 8.00. The van der Waals surface area contributed by atoms with E-state index in [9.17, 15) is 14.4 Å². The second kappa shape index (κ2) is 10.7. The molecule has 0 saturated carbocycles. The number of benzene rings is 2. The lowest BCUT2D eigenvalue weighted by molar-refractivity contribution is -0.144. The summed E-state index contributed by atoms with van der Waals surface area (Å²) in [6.45, 7) is 2.55. The molecule has 2 aromatic carbocycles. The van der Waals surface area contributed by atoms with Crippen LogP contribution in [-0.4, -0.2) is 24.4 Å². The number of esters is 1. The molecule has 148 valence electrons. The topological polar surface area (TPSA) is 108 Å². The lowest BCUT2D eigenvalue weighted by atomic mass is 10.2. The first-order valence-corrected chi connectivity index (χ1v) is 9.38. The second-order valence-electron chi connectivity index (χ2n) is 5.94.